The Bertz CT molecular complexity index is 622. The number of rotatable bonds is 4. The lowest BCUT2D eigenvalue weighted by Gasteiger charge is -2.08. The molecule has 0 fully saturated rings. The molecule has 19 heavy (non-hydrogen) atoms. The molecular formula is C11H14N6O2. The average Bonchev–Trinajstić information content (AvgIpc) is 2.67. The van der Waals surface area contributed by atoms with Crippen LogP contribution in [0.25, 0.3) is 0 Å². The highest BCUT2D eigenvalue weighted by Crippen LogP contribution is 2.34. The number of nitro benzene ring substituents is 1. The maximum absolute atomic E-state index is 11.1. The van der Waals surface area contributed by atoms with Crippen molar-refractivity contribution in [2.75, 3.05) is 10.7 Å². The Labute approximate surface area is 109 Å². The van der Waals surface area contributed by atoms with Gasteiger partial charge >= 0.3 is 5.69 Å². The summed E-state index contributed by atoms with van der Waals surface area (Å²) >= 11 is 0. The first-order valence-electron chi connectivity index (χ1n) is 5.54. The lowest BCUT2D eigenvalue weighted by Crippen LogP contribution is -2.10. The minimum atomic E-state index is -0.483. The number of anilines is 3. The number of aromatic nitrogens is 2. The minimum Gasteiger partial charge on any atom is -0.347 e. The van der Waals surface area contributed by atoms with Gasteiger partial charge in [0.1, 0.15) is 11.4 Å². The topological polar surface area (TPSA) is 111 Å². The first kappa shape index (κ1) is 12.8. The van der Waals surface area contributed by atoms with Gasteiger partial charge in [0.25, 0.3) is 0 Å². The van der Waals surface area contributed by atoms with Crippen molar-refractivity contribution in [3.63, 3.8) is 0 Å². The molecule has 2 rings (SSSR count). The Morgan fingerprint density at radius 3 is 2.58 bits per heavy atom. The summed E-state index contributed by atoms with van der Waals surface area (Å²) in [7, 11) is 1.78. The molecular weight excluding hydrogens is 248 g/mol. The highest BCUT2D eigenvalue weighted by atomic mass is 16.6. The van der Waals surface area contributed by atoms with Crippen LogP contribution in [-0.4, -0.2) is 14.7 Å². The van der Waals surface area contributed by atoms with Gasteiger partial charge in [-0.1, -0.05) is 6.07 Å². The predicted molar refractivity (Wildman–Crippen MR) is 72.1 cm³/mol. The molecule has 1 aromatic heterocycles. The lowest BCUT2D eigenvalue weighted by atomic mass is 10.2. The second-order valence-electron chi connectivity index (χ2n) is 4.03. The van der Waals surface area contributed by atoms with E-state index in [2.05, 4.69) is 15.8 Å². The Hall–Kier alpha value is -2.61. The van der Waals surface area contributed by atoms with Crippen molar-refractivity contribution in [1.29, 1.82) is 0 Å². The zero-order valence-electron chi connectivity index (χ0n) is 10.5. The standard InChI is InChI=1S/C11H14N6O2/c1-7-10(6-16(2)15-7)13-8-4-3-5-9(14-12)11(8)17(18)19/h3-6,13-14H,12H2,1-2H3. The number of nitrogens with zero attached hydrogens (tertiary/aromatic N) is 3. The fourth-order valence-electron chi connectivity index (χ4n) is 1.82. The van der Waals surface area contributed by atoms with E-state index in [-0.39, 0.29) is 11.4 Å². The van der Waals surface area contributed by atoms with Crippen molar-refractivity contribution in [1.82, 2.24) is 9.78 Å². The third-order valence-corrected chi connectivity index (χ3v) is 2.66. The first-order valence-corrected chi connectivity index (χ1v) is 5.54. The molecule has 0 radical (unpaired) electrons. The molecule has 0 aliphatic heterocycles. The molecule has 8 nitrogen and oxygen atoms in total. The van der Waals surface area contributed by atoms with Crippen LogP contribution in [0.5, 0.6) is 0 Å². The van der Waals surface area contributed by atoms with Crippen molar-refractivity contribution < 1.29 is 4.92 Å². The smallest absolute Gasteiger partial charge is 0.316 e. The monoisotopic (exact) mass is 262 g/mol. The van der Waals surface area contributed by atoms with E-state index in [4.69, 9.17) is 5.84 Å². The van der Waals surface area contributed by atoms with Gasteiger partial charge in [-0.2, -0.15) is 5.10 Å². The summed E-state index contributed by atoms with van der Waals surface area (Å²) in [4.78, 5) is 10.6. The molecule has 1 aromatic carbocycles. The highest BCUT2D eigenvalue weighted by Gasteiger charge is 2.20. The first-order chi connectivity index (χ1) is 9.02. The van der Waals surface area contributed by atoms with E-state index in [1.54, 1.807) is 36.1 Å². The molecule has 8 heteroatoms. The second-order valence-corrected chi connectivity index (χ2v) is 4.03. The van der Waals surface area contributed by atoms with Crippen molar-refractivity contribution in [2.45, 2.75) is 6.92 Å². The molecule has 0 bridgehead atoms. The van der Waals surface area contributed by atoms with Crippen LogP contribution in [0.4, 0.5) is 22.7 Å². The quantitative estimate of drug-likeness (QED) is 0.439. The van der Waals surface area contributed by atoms with Crippen molar-refractivity contribution in [3.8, 4) is 0 Å². The largest absolute Gasteiger partial charge is 0.347 e. The van der Waals surface area contributed by atoms with Crippen LogP contribution >= 0.6 is 0 Å². The fraction of sp³-hybridized carbons (Fsp3) is 0.182. The zero-order chi connectivity index (χ0) is 14.0. The summed E-state index contributed by atoms with van der Waals surface area (Å²) in [6.45, 7) is 1.82. The van der Waals surface area contributed by atoms with Gasteiger partial charge in [0, 0.05) is 13.2 Å². The van der Waals surface area contributed by atoms with Crippen molar-refractivity contribution in [2.24, 2.45) is 12.9 Å². The number of benzene rings is 1. The molecule has 0 saturated heterocycles. The zero-order valence-corrected chi connectivity index (χ0v) is 10.5. The van der Waals surface area contributed by atoms with Crippen LogP contribution in [-0.2, 0) is 7.05 Å². The van der Waals surface area contributed by atoms with Gasteiger partial charge in [0.15, 0.2) is 0 Å². The Kier molecular flexibility index (Phi) is 3.34. The van der Waals surface area contributed by atoms with Crippen LogP contribution in [0.15, 0.2) is 24.4 Å². The van der Waals surface area contributed by atoms with E-state index < -0.39 is 4.92 Å². The van der Waals surface area contributed by atoms with Crippen LogP contribution in [0, 0.1) is 17.0 Å². The van der Waals surface area contributed by atoms with Gasteiger partial charge in [-0.05, 0) is 19.1 Å². The summed E-state index contributed by atoms with van der Waals surface area (Å²) in [5.74, 6) is 5.29. The molecule has 0 amide bonds. The van der Waals surface area contributed by atoms with Crippen LogP contribution in [0.1, 0.15) is 5.69 Å². The number of hydrogen-bond acceptors (Lipinski definition) is 6. The lowest BCUT2D eigenvalue weighted by molar-refractivity contribution is -0.383. The Balaban J connectivity index is 2.45. The molecule has 4 N–H and O–H groups in total. The minimum absolute atomic E-state index is 0.103. The molecule has 0 spiro atoms. The van der Waals surface area contributed by atoms with Crippen LogP contribution in [0.3, 0.4) is 0 Å². The van der Waals surface area contributed by atoms with E-state index in [0.717, 1.165) is 5.69 Å². The number of nitrogens with two attached hydrogens (primary N) is 1. The summed E-state index contributed by atoms with van der Waals surface area (Å²) in [6, 6.07) is 4.83. The van der Waals surface area contributed by atoms with Gasteiger partial charge in [-0.3, -0.25) is 20.6 Å². The maximum Gasteiger partial charge on any atom is 0.316 e. The number of nitro groups is 1. The number of aryl methyl sites for hydroxylation is 2. The summed E-state index contributed by atoms with van der Waals surface area (Å²) in [5.41, 5.74) is 4.28. The molecule has 0 saturated carbocycles. The van der Waals surface area contributed by atoms with E-state index in [9.17, 15) is 10.1 Å². The van der Waals surface area contributed by atoms with Gasteiger partial charge < -0.3 is 10.7 Å². The van der Waals surface area contributed by atoms with Crippen LogP contribution < -0.4 is 16.6 Å². The number of hydrazine groups is 1. The van der Waals surface area contributed by atoms with Gasteiger partial charge in [0.2, 0.25) is 0 Å². The van der Waals surface area contributed by atoms with Gasteiger partial charge in [0.05, 0.1) is 16.3 Å². The number of nitrogens with one attached hydrogen (secondary N) is 2. The third kappa shape index (κ3) is 2.47. The summed E-state index contributed by atoms with van der Waals surface area (Å²) < 4.78 is 1.63. The predicted octanol–water partition coefficient (Wildman–Crippen LogP) is 1.67. The van der Waals surface area contributed by atoms with Crippen LogP contribution in [0.2, 0.25) is 0 Å². The highest BCUT2D eigenvalue weighted by molar-refractivity contribution is 5.79. The molecule has 2 aromatic rings. The molecule has 100 valence electrons. The molecule has 0 aliphatic carbocycles. The Morgan fingerprint density at radius 2 is 2.05 bits per heavy atom. The van der Waals surface area contributed by atoms with E-state index >= 15 is 0 Å². The van der Waals surface area contributed by atoms with Gasteiger partial charge in [-0.15, -0.1) is 0 Å². The van der Waals surface area contributed by atoms with E-state index in [1.807, 2.05) is 6.92 Å². The normalized spacial score (nSPS) is 10.3. The fourth-order valence-corrected chi connectivity index (χ4v) is 1.82. The molecule has 1 heterocycles. The molecule has 0 unspecified atom stereocenters. The molecule has 0 atom stereocenters. The number of para-hydroxylation sites is 1. The third-order valence-electron chi connectivity index (χ3n) is 2.66. The summed E-state index contributed by atoms with van der Waals surface area (Å²) in [5, 5.41) is 18.3. The van der Waals surface area contributed by atoms with Crippen molar-refractivity contribution >= 4 is 22.7 Å². The van der Waals surface area contributed by atoms with E-state index in [1.165, 1.54) is 0 Å². The second kappa shape index (κ2) is 4.94. The van der Waals surface area contributed by atoms with E-state index in [0.29, 0.717) is 11.4 Å². The maximum atomic E-state index is 11.1. The van der Waals surface area contributed by atoms with Crippen molar-refractivity contribution in [3.05, 3.63) is 40.2 Å². The Morgan fingerprint density at radius 1 is 1.37 bits per heavy atom. The molecule has 0 aliphatic rings. The summed E-state index contributed by atoms with van der Waals surface area (Å²) in [6.07, 6.45) is 1.75. The SMILES string of the molecule is Cc1nn(C)cc1Nc1cccc(NN)c1[N+](=O)[O-]. The average molecular weight is 262 g/mol. The number of nitrogen functional groups attached to an aromatic ring is 1. The van der Waals surface area contributed by atoms with Gasteiger partial charge in [-0.25, -0.2) is 0 Å². The number of hydrogen-bond donors (Lipinski definition) is 3.